The fourth-order valence-corrected chi connectivity index (χ4v) is 1.62. The smallest absolute Gasteiger partial charge is 0.222 e. The second-order valence-electron chi connectivity index (χ2n) is 3.34. The zero-order chi connectivity index (χ0) is 13.3. The molecule has 0 spiro atoms. The maximum Gasteiger partial charge on any atom is 0.432 e. The first-order chi connectivity index (χ1) is 7.73. The first kappa shape index (κ1) is 14.3. The van der Waals surface area contributed by atoms with Gasteiger partial charge in [-0.25, -0.2) is 13.2 Å². The average molecular weight is 321 g/mol. The van der Waals surface area contributed by atoms with Gasteiger partial charge < -0.3 is 0 Å². The molecule has 0 saturated carbocycles. The van der Waals surface area contributed by atoms with Crippen molar-refractivity contribution in [3.8, 4) is 0 Å². The Labute approximate surface area is 102 Å². The van der Waals surface area contributed by atoms with Gasteiger partial charge in [0.1, 0.15) is 0 Å². The van der Waals surface area contributed by atoms with Gasteiger partial charge in [0.05, 0.1) is 0 Å². The topological polar surface area (TPSA) is 0 Å². The zero-order valence-electron chi connectivity index (χ0n) is 8.24. The van der Waals surface area contributed by atoms with Gasteiger partial charge in [0.25, 0.3) is 12.1 Å². The van der Waals surface area contributed by atoms with Gasteiger partial charge in [-0.3, -0.25) is 0 Å². The molecular formula is C10H7BrF6. The van der Waals surface area contributed by atoms with Crippen molar-refractivity contribution in [2.45, 2.75) is 23.6 Å². The van der Waals surface area contributed by atoms with E-state index < -0.39 is 23.8 Å². The van der Waals surface area contributed by atoms with Crippen molar-refractivity contribution >= 4 is 15.9 Å². The molecule has 0 fully saturated rings. The number of hydrogen-bond donors (Lipinski definition) is 0. The van der Waals surface area contributed by atoms with Crippen molar-refractivity contribution in [3.05, 3.63) is 35.4 Å². The predicted molar refractivity (Wildman–Crippen MR) is 53.9 cm³/mol. The van der Waals surface area contributed by atoms with Gasteiger partial charge in [0.2, 0.25) is 0 Å². The van der Waals surface area contributed by atoms with E-state index in [2.05, 4.69) is 15.9 Å². The maximum absolute atomic E-state index is 13.5. The lowest BCUT2D eigenvalue weighted by Gasteiger charge is -2.27. The molecule has 0 aromatic heterocycles. The monoisotopic (exact) mass is 320 g/mol. The average Bonchev–Trinajstić information content (AvgIpc) is 2.26. The van der Waals surface area contributed by atoms with E-state index in [4.69, 9.17) is 0 Å². The summed E-state index contributed by atoms with van der Waals surface area (Å²) in [6.07, 6.45) is -9.82. The minimum absolute atomic E-state index is 0.341. The van der Waals surface area contributed by atoms with E-state index in [9.17, 15) is 26.3 Å². The summed E-state index contributed by atoms with van der Waals surface area (Å²) >= 11 is 3.04. The molecular weight excluding hydrogens is 314 g/mol. The van der Waals surface area contributed by atoms with Gasteiger partial charge in [-0.1, -0.05) is 40.2 Å². The van der Waals surface area contributed by atoms with Crippen LogP contribution in [0.4, 0.5) is 26.3 Å². The number of halogens is 7. The minimum Gasteiger partial charge on any atom is -0.222 e. The summed E-state index contributed by atoms with van der Waals surface area (Å²) in [4.78, 5) is 0. The molecule has 0 heterocycles. The molecule has 1 unspecified atom stereocenters. The Kier molecular flexibility index (Phi) is 4.11. The molecule has 0 aliphatic rings. The van der Waals surface area contributed by atoms with Gasteiger partial charge in [-0.05, 0) is 5.56 Å². The normalized spacial score (nSPS) is 16.0. The molecule has 0 radical (unpaired) electrons. The number of rotatable bonds is 3. The van der Waals surface area contributed by atoms with Crippen molar-refractivity contribution in [1.29, 1.82) is 0 Å². The molecule has 96 valence electrons. The third kappa shape index (κ3) is 2.59. The zero-order valence-corrected chi connectivity index (χ0v) is 9.83. The molecule has 1 aromatic rings. The standard InChI is InChI=1S/C10H7BrF6/c11-5-6-1-3-7(4-2-6)9(14,8(12)13)10(15,16)17/h1-4,8H,5H2. The van der Waals surface area contributed by atoms with Gasteiger partial charge in [0, 0.05) is 10.9 Å². The summed E-state index contributed by atoms with van der Waals surface area (Å²) in [6, 6.07) is 3.76. The van der Waals surface area contributed by atoms with Crippen LogP contribution in [0.1, 0.15) is 11.1 Å². The van der Waals surface area contributed by atoms with Crippen LogP contribution in [-0.2, 0) is 11.0 Å². The molecule has 1 atom stereocenters. The molecule has 1 aromatic carbocycles. The van der Waals surface area contributed by atoms with E-state index in [1.807, 2.05) is 0 Å². The highest BCUT2D eigenvalue weighted by Crippen LogP contribution is 2.46. The summed E-state index contributed by atoms with van der Waals surface area (Å²) in [5.41, 5.74) is -5.16. The van der Waals surface area contributed by atoms with Crippen molar-refractivity contribution in [3.63, 3.8) is 0 Å². The lowest BCUT2D eigenvalue weighted by atomic mass is 9.94. The summed E-state index contributed by atoms with van der Waals surface area (Å²) in [6.45, 7) is 0. The van der Waals surface area contributed by atoms with Gasteiger partial charge in [-0.2, -0.15) is 13.2 Å². The van der Waals surface area contributed by atoms with Crippen molar-refractivity contribution in [2.75, 3.05) is 0 Å². The summed E-state index contributed by atoms with van der Waals surface area (Å²) in [7, 11) is 0. The van der Waals surface area contributed by atoms with Crippen LogP contribution < -0.4 is 0 Å². The molecule has 0 saturated heterocycles. The molecule has 0 nitrogen and oxygen atoms in total. The van der Waals surface area contributed by atoms with Crippen LogP contribution in [0.15, 0.2) is 24.3 Å². The fourth-order valence-electron chi connectivity index (χ4n) is 1.25. The fraction of sp³-hybridized carbons (Fsp3) is 0.400. The van der Waals surface area contributed by atoms with Gasteiger partial charge >= 0.3 is 6.18 Å². The van der Waals surface area contributed by atoms with Crippen LogP contribution in [0.3, 0.4) is 0 Å². The lowest BCUT2D eigenvalue weighted by Crippen LogP contribution is -2.44. The molecule has 0 aliphatic carbocycles. The van der Waals surface area contributed by atoms with E-state index in [0.717, 1.165) is 24.3 Å². The van der Waals surface area contributed by atoms with E-state index in [1.165, 1.54) is 0 Å². The van der Waals surface area contributed by atoms with E-state index in [0.29, 0.717) is 10.9 Å². The van der Waals surface area contributed by atoms with Crippen molar-refractivity contribution < 1.29 is 26.3 Å². The molecule has 0 amide bonds. The third-order valence-corrected chi connectivity index (χ3v) is 2.89. The Morgan fingerprint density at radius 2 is 1.47 bits per heavy atom. The Balaban J connectivity index is 3.24. The van der Waals surface area contributed by atoms with Crippen LogP contribution >= 0.6 is 15.9 Å². The van der Waals surface area contributed by atoms with E-state index in [-0.39, 0.29) is 0 Å². The highest BCUT2D eigenvalue weighted by Gasteiger charge is 2.63. The van der Waals surface area contributed by atoms with E-state index in [1.54, 1.807) is 0 Å². The number of hydrogen-bond acceptors (Lipinski definition) is 0. The van der Waals surface area contributed by atoms with Gasteiger partial charge in [-0.15, -0.1) is 0 Å². The minimum atomic E-state index is -5.66. The maximum atomic E-state index is 13.5. The van der Waals surface area contributed by atoms with Crippen LogP contribution in [-0.4, -0.2) is 12.6 Å². The number of benzene rings is 1. The predicted octanol–water partition coefficient (Wildman–Crippen LogP) is 4.57. The highest BCUT2D eigenvalue weighted by atomic mass is 79.9. The lowest BCUT2D eigenvalue weighted by molar-refractivity contribution is -0.274. The van der Waals surface area contributed by atoms with Crippen LogP contribution in [0.5, 0.6) is 0 Å². The van der Waals surface area contributed by atoms with Crippen LogP contribution in [0.2, 0.25) is 0 Å². The SMILES string of the molecule is FC(F)C(F)(c1ccc(CBr)cc1)C(F)(F)F. The Bertz CT molecular complexity index is 371. The Morgan fingerprint density at radius 3 is 1.76 bits per heavy atom. The Hall–Kier alpha value is -0.720. The second kappa shape index (κ2) is 4.88. The first-order valence-electron chi connectivity index (χ1n) is 4.42. The highest BCUT2D eigenvalue weighted by molar-refractivity contribution is 9.08. The summed E-state index contributed by atoms with van der Waals surface area (Å²) < 4.78 is 75.3. The van der Waals surface area contributed by atoms with Crippen molar-refractivity contribution in [2.24, 2.45) is 0 Å². The quantitative estimate of drug-likeness (QED) is 0.565. The van der Waals surface area contributed by atoms with Crippen LogP contribution in [0, 0.1) is 0 Å². The van der Waals surface area contributed by atoms with Gasteiger partial charge in [0.15, 0.2) is 0 Å². The Morgan fingerprint density at radius 1 is 1.00 bits per heavy atom. The molecule has 0 bridgehead atoms. The largest absolute Gasteiger partial charge is 0.432 e. The molecule has 0 aliphatic heterocycles. The number of alkyl halides is 7. The van der Waals surface area contributed by atoms with Crippen LogP contribution in [0.25, 0.3) is 0 Å². The molecule has 7 heteroatoms. The summed E-state index contributed by atoms with van der Waals surface area (Å²) in [5.74, 6) is 0. The second-order valence-corrected chi connectivity index (χ2v) is 3.90. The first-order valence-corrected chi connectivity index (χ1v) is 5.54. The molecule has 0 N–H and O–H groups in total. The van der Waals surface area contributed by atoms with E-state index >= 15 is 0 Å². The third-order valence-electron chi connectivity index (χ3n) is 2.24. The van der Waals surface area contributed by atoms with Crippen molar-refractivity contribution in [1.82, 2.24) is 0 Å². The molecule has 1 rings (SSSR count). The molecule has 17 heavy (non-hydrogen) atoms. The summed E-state index contributed by atoms with van der Waals surface area (Å²) in [5, 5.41) is 0.341.